The number of halogens is 1. The van der Waals surface area contributed by atoms with E-state index in [-0.39, 0.29) is 17.2 Å². The fourth-order valence-electron chi connectivity index (χ4n) is 2.26. The number of hydrogen-bond acceptors (Lipinski definition) is 3. The normalized spacial score (nSPS) is 11.4. The van der Waals surface area contributed by atoms with E-state index in [4.69, 9.17) is 11.6 Å². The molecule has 0 saturated carbocycles. The first kappa shape index (κ1) is 18.6. The molecular weight excluding hydrogens is 346 g/mol. The second-order valence-electron chi connectivity index (χ2n) is 5.51. The molecule has 1 N–H and O–H groups in total. The Hall–Kier alpha value is -1.69. The van der Waals surface area contributed by atoms with Gasteiger partial charge in [0.15, 0.2) is 0 Å². The van der Waals surface area contributed by atoms with E-state index in [1.807, 2.05) is 18.2 Å². The summed E-state index contributed by atoms with van der Waals surface area (Å²) in [7, 11) is -3.68. The van der Waals surface area contributed by atoms with Gasteiger partial charge in [0.25, 0.3) is 0 Å². The number of carbonyl (C=O) groups excluding carboxylic acids is 1. The fraction of sp³-hybridized carbons (Fsp3) is 0.278. The van der Waals surface area contributed by atoms with E-state index >= 15 is 0 Å². The molecule has 2 aromatic carbocycles. The minimum Gasteiger partial charge on any atom is -0.298 e. The van der Waals surface area contributed by atoms with Gasteiger partial charge in [0, 0.05) is 11.4 Å². The van der Waals surface area contributed by atoms with Crippen LogP contribution in [0.25, 0.3) is 0 Å². The Morgan fingerprint density at radius 2 is 1.62 bits per heavy atom. The van der Waals surface area contributed by atoms with Crippen molar-refractivity contribution in [2.75, 3.05) is 6.54 Å². The van der Waals surface area contributed by atoms with Crippen LogP contribution >= 0.6 is 11.6 Å². The molecule has 2 rings (SSSR count). The number of carbonyl (C=O) groups is 1. The average Bonchev–Trinajstić information content (AvgIpc) is 2.58. The molecule has 2 aromatic rings. The molecule has 0 spiro atoms. The van der Waals surface area contributed by atoms with Crippen molar-refractivity contribution in [1.82, 2.24) is 4.72 Å². The van der Waals surface area contributed by atoms with E-state index in [9.17, 15) is 13.2 Å². The molecule has 0 atom stereocenters. The molecule has 0 heterocycles. The van der Waals surface area contributed by atoms with Crippen molar-refractivity contribution in [3.8, 4) is 0 Å². The molecule has 24 heavy (non-hydrogen) atoms. The van der Waals surface area contributed by atoms with Crippen molar-refractivity contribution in [2.24, 2.45) is 0 Å². The van der Waals surface area contributed by atoms with Gasteiger partial charge in [0.2, 0.25) is 10.0 Å². The minimum atomic E-state index is -3.68. The molecule has 0 radical (unpaired) electrons. The topological polar surface area (TPSA) is 63.2 Å². The zero-order valence-corrected chi connectivity index (χ0v) is 14.8. The van der Waals surface area contributed by atoms with Gasteiger partial charge in [-0.25, -0.2) is 13.1 Å². The van der Waals surface area contributed by atoms with Crippen molar-refractivity contribution in [3.05, 3.63) is 65.2 Å². The van der Waals surface area contributed by atoms with Crippen molar-refractivity contribution in [3.63, 3.8) is 0 Å². The van der Waals surface area contributed by atoms with E-state index in [0.717, 1.165) is 19.3 Å². The van der Waals surface area contributed by atoms with Gasteiger partial charge < -0.3 is 0 Å². The maximum Gasteiger partial charge on any atom is 0.240 e. The van der Waals surface area contributed by atoms with Crippen molar-refractivity contribution in [2.45, 2.75) is 30.6 Å². The van der Waals surface area contributed by atoms with Gasteiger partial charge in [0.1, 0.15) is 5.78 Å². The van der Waals surface area contributed by atoms with Crippen LogP contribution in [0, 0.1) is 0 Å². The van der Waals surface area contributed by atoms with E-state index in [2.05, 4.69) is 16.9 Å². The molecule has 0 aliphatic carbocycles. The summed E-state index contributed by atoms with van der Waals surface area (Å²) in [5.74, 6) is -0.111. The van der Waals surface area contributed by atoms with Gasteiger partial charge in [0.05, 0.1) is 11.4 Å². The van der Waals surface area contributed by atoms with Crippen LogP contribution in [-0.4, -0.2) is 20.7 Å². The van der Waals surface area contributed by atoms with Crippen LogP contribution in [-0.2, 0) is 21.2 Å². The van der Waals surface area contributed by atoms with Crippen LogP contribution in [0.3, 0.4) is 0 Å². The predicted molar refractivity (Wildman–Crippen MR) is 95.6 cm³/mol. The summed E-state index contributed by atoms with van der Waals surface area (Å²) >= 11 is 5.74. The number of ketones is 1. The molecule has 0 bridgehead atoms. The standard InChI is InChI=1S/C18H20ClNO3S/c19-16-10-12-18(13-11-16)24(22,23)20-14-17(21)9-5-4-8-15-6-2-1-3-7-15/h1-3,6-7,10-13,20H,4-5,8-9,14H2. The first-order chi connectivity index (χ1) is 11.5. The van der Waals surface area contributed by atoms with E-state index < -0.39 is 10.0 Å². The van der Waals surface area contributed by atoms with Crippen molar-refractivity contribution < 1.29 is 13.2 Å². The van der Waals surface area contributed by atoms with Crippen LogP contribution in [0.1, 0.15) is 24.8 Å². The third kappa shape index (κ3) is 6.07. The number of rotatable bonds is 9. The summed E-state index contributed by atoms with van der Waals surface area (Å²) in [5, 5.41) is 0.462. The maximum absolute atomic E-state index is 12.1. The molecule has 0 amide bonds. The van der Waals surface area contributed by atoms with Crippen LogP contribution < -0.4 is 4.72 Å². The lowest BCUT2D eigenvalue weighted by molar-refractivity contribution is -0.118. The third-order valence-corrected chi connectivity index (χ3v) is 5.27. The second-order valence-corrected chi connectivity index (χ2v) is 7.71. The van der Waals surface area contributed by atoms with Gasteiger partial charge in [-0.3, -0.25) is 4.79 Å². The minimum absolute atomic E-state index is 0.101. The SMILES string of the molecule is O=C(CCCCc1ccccc1)CNS(=O)(=O)c1ccc(Cl)cc1. The predicted octanol–water partition coefficient (Wildman–Crippen LogP) is 3.60. The quantitative estimate of drug-likeness (QED) is 0.690. The summed E-state index contributed by atoms with van der Waals surface area (Å²) < 4.78 is 26.4. The summed E-state index contributed by atoms with van der Waals surface area (Å²) in [6.07, 6.45) is 2.94. The Morgan fingerprint density at radius 3 is 2.29 bits per heavy atom. The molecule has 0 aliphatic heterocycles. The molecule has 0 aromatic heterocycles. The molecule has 0 unspecified atom stereocenters. The van der Waals surface area contributed by atoms with Crippen LogP contribution in [0.4, 0.5) is 0 Å². The zero-order valence-electron chi connectivity index (χ0n) is 13.2. The number of aryl methyl sites for hydroxylation is 1. The van der Waals surface area contributed by atoms with Gasteiger partial charge in [-0.2, -0.15) is 0 Å². The number of nitrogens with one attached hydrogen (secondary N) is 1. The molecule has 6 heteroatoms. The first-order valence-electron chi connectivity index (χ1n) is 7.78. The molecule has 128 valence electrons. The van der Waals surface area contributed by atoms with Crippen molar-refractivity contribution in [1.29, 1.82) is 0 Å². The fourth-order valence-corrected chi connectivity index (χ4v) is 3.39. The maximum atomic E-state index is 12.1. The summed E-state index contributed by atoms with van der Waals surface area (Å²) in [4.78, 5) is 11.9. The largest absolute Gasteiger partial charge is 0.298 e. The van der Waals surface area contributed by atoms with Crippen LogP contribution in [0.2, 0.25) is 5.02 Å². The zero-order chi connectivity index (χ0) is 17.4. The summed E-state index contributed by atoms with van der Waals surface area (Å²) in [6, 6.07) is 15.9. The van der Waals surface area contributed by atoms with Gasteiger partial charge in [-0.15, -0.1) is 0 Å². The highest BCUT2D eigenvalue weighted by Crippen LogP contribution is 2.13. The Bertz CT molecular complexity index is 759. The Kier molecular flexibility index (Phi) is 6.97. The number of benzene rings is 2. The van der Waals surface area contributed by atoms with Gasteiger partial charge >= 0.3 is 0 Å². The van der Waals surface area contributed by atoms with Crippen molar-refractivity contribution >= 4 is 27.4 Å². The molecule has 0 saturated heterocycles. The van der Waals surface area contributed by atoms with Gasteiger partial charge in [-0.1, -0.05) is 41.9 Å². The number of unbranched alkanes of at least 4 members (excludes halogenated alkanes) is 1. The van der Waals surface area contributed by atoms with E-state index in [1.54, 1.807) is 0 Å². The highest BCUT2D eigenvalue weighted by Gasteiger charge is 2.15. The Balaban J connectivity index is 1.71. The average molecular weight is 366 g/mol. The lowest BCUT2D eigenvalue weighted by Gasteiger charge is -2.06. The first-order valence-corrected chi connectivity index (χ1v) is 9.64. The summed E-state index contributed by atoms with van der Waals surface area (Å²) in [6.45, 7) is -0.184. The highest BCUT2D eigenvalue weighted by atomic mass is 35.5. The van der Waals surface area contributed by atoms with Gasteiger partial charge in [-0.05, 0) is 49.1 Å². The van der Waals surface area contributed by atoms with Crippen LogP contribution in [0.5, 0.6) is 0 Å². The lowest BCUT2D eigenvalue weighted by atomic mass is 10.1. The van der Waals surface area contributed by atoms with E-state index in [0.29, 0.717) is 11.4 Å². The lowest BCUT2D eigenvalue weighted by Crippen LogP contribution is -2.29. The molecule has 0 aliphatic rings. The van der Waals surface area contributed by atoms with Crippen LogP contribution in [0.15, 0.2) is 59.5 Å². The monoisotopic (exact) mass is 365 g/mol. The Morgan fingerprint density at radius 1 is 0.958 bits per heavy atom. The summed E-state index contributed by atoms with van der Waals surface area (Å²) in [5.41, 5.74) is 1.24. The van der Waals surface area contributed by atoms with E-state index in [1.165, 1.54) is 29.8 Å². The highest BCUT2D eigenvalue weighted by molar-refractivity contribution is 7.89. The number of sulfonamides is 1. The second kappa shape index (κ2) is 8.97. The number of Topliss-reactive ketones (excluding diaryl/α,β-unsaturated/α-hetero) is 1. The molecule has 4 nitrogen and oxygen atoms in total. The smallest absolute Gasteiger partial charge is 0.240 e. The number of hydrogen-bond donors (Lipinski definition) is 1. The molecule has 0 fully saturated rings. The molecular formula is C18H20ClNO3S. The third-order valence-electron chi connectivity index (χ3n) is 3.60. The Labute approximate surface area is 147 Å².